The number of alkyl carbamates (subject to hydrolysis) is 1. The third-order valence-corrected chi connectivity index (χ3v) is 8.74. The van der Waals surface area contributed by atoms with E-state index in [1.54, 1.807) is 20.8 Å². The highest BCUT2D eigenvalue weighted by atomic mass is 16.6. The minimum absolute atomic E-state index is 0.0333. The zero-order valence-electron chi connectivity index (χ0n) is 31.3. The quantitative estimate of drug-likeness (QED) is 0.292. The number of hydrogen-bond donors (Lipinski definition) is 4. The first kappa shape index (κ1) is 40.0. The van der Waals surface area contributed by atoms with Crippen molar-refractivity contribution in [2.45, 2.75) is 118 Å². The van der Waals surface area contributed by atoms with E-state index in [0.717, 1.165) is 52.1 Å². The molecule has 0 bridgehead atoms. The second-order valence-electron chi connectivity index (χ2n) is 16.7. The highest BCUT2D eigenvalue weighted by Gasteiger charge is 2.36. The lowest BCUT2D eigenvalue weighted by Gasteiger charge is -2.32. The molecule has 0 unspecified atom stereocenters. The Balaban J connectivity index is 0.000000276. The number of likely N-dealkylation sites (tertiary alicyclic amines) is 2. The van der Waals surface area contributed by atoms with E-state index in [-0.39, 0.29) is 29.3 Å². The Bertz CT molecular complexity index is 1330. The van der Waals surface area contributed by atoms with Gasteiger partial charge in [-0.05, 0) is 55.6 Å². The van der Waals surface area contributed by atoms with Crippen molar-refractivity contribution in [2.24, 2.45) is 16.6 Å². The van der Waals surface area contributed by atoms with E-state index in [1.165, 1.54) is 11.1 Å². The van der Waals surface area contributed by atoms with E-state index < -0.39 is 29.2 Å². The number of carbonyl (C=O) groups excluding carboxylic acids is 3. The monoisotopic (exact) mass is 678 g/mol. The maximum absolute atomic E-state index is 12.9. The minimum Gasteiger partial charge on any atom is -0.444 e. The Kier molecular flexibility index (Phi) is 14.2. The molecule has 2 aliphatic heterocycles. The van der Waals surface area contributed by atoms with Gasteiger partial charge in [-0.15, -0.1) is 0 Å². The number of nitrogens with one attached hydrogen (secondary N) is 3. The van der Waals surface area contributed by atoms with Crippen LogP contribution in [0.15, 0.2) is 60.7 Å². The van der Waals surface area contributed by atoms with Crippen LogP contribution in [0.25, 0.3) is 0 Å². The fraction of sp³-hybridized carbons (Fsp3) is 0.615. The van der Waals surface area contributed by atoms with Crippen LogP contribution in [0.4, 0.5) is 4.79 Å². The van der Waals surface area contributed by atoms with Crippen molar-refractivity contribution in [1.29, 1.82) is 0 Å². The smallest absolute Gasteiger partial charge is 0.408 e. The number of ether oxygens (including phenoxy) is 1. The minimum atomic E-state index is -0.662. The van der Waals surface area contributed by atoms with Crippen molar-refractivity contribution in [3.05, 3.63) is 71.8 Å². The summed E-state index contributed by atoms with van der Waals surface area (Å²) in [5, 5.41) is 8.97. The van der Waals surface area contributed by atoms with Crippen LogP contribution in [0, 0.1) is 10.8 Å². The lowest BCUT2D eigenvalue weighted by molar-refractivity contribution is -0.126. The lowest BCUT2D eigenvalue weighted by atomic mass is 9.86. The van der Waals surface area contributed by atoms with Gasteiger partial charge in [0, 0.05) is 51.4 Å². The Morgan fingerprint density at radius 2 is 1.14 bits per heavy atom. The molecule has 0 spiro atoms. The molecule has 49 heavy (non-hydrogen) atoms. The normalized spacial score (nSPS) is 20.0. The number of rotatable bonds is 9. The van der Waals surface area contributed by atoms with Crippen molar-refractivity contribution in [1.82, 2.24) is 25.8 Å². The molecule has 0 aliphatic carbocycles. The fourth-order valence-corrected chi connectivity index (χ4v) is 5.94. The molecule has 2 aromatic rings. The molecule has 272 valence electrons. The van der Waals surface area contributed by atoms with Crippen LogP contribution < -0.4 is 21.7 Å². The number of amides is 3. The van der Waals surface area contributed by atoms with Crippen LogP contribution in [0.5, 0.6) is 0 Å². The summed E-state index contributed by atoms with van der Waals surface area (Å²) in [4.78, 5) is 42.0. The van der Waals surface area contributed by atoms with Gasteiger partial charge in [-0.1, -0.05) is 102 Å². The molecule has 0 aromatic heterocycles. The van der Waals surface area contributed by atoms with Crippen molar-refractivity contribution in [3.8, 4) is 0 Å². The Hall–Kier alpha value is -3.47. The van der Waals surface area contributed by atoms with Crippen LogP contribution in [0.1, 0.15) is 86.3 Å². The summed E-state index contributed by atoms with van der Waals surface area (Å²) in [6.45, 7) is 22.7. The summed E-state index contributed by atoms with van der Waals surface area (Å²) < 4.78 is 5.33. The molecule has 4 rings (SSSR count). The predicted octanol–water partition coefficient (Wildman–Crippen LogP) is 5.07. The van der Waals surface area contributed by atoms with Crippen LogP contribution in [-0.4, -0.2) is 83.7 Å². The molecule has 10 nitrogen and oxygen atoms in total. The molecule has 2 heterocycles. The number of nitrogens with zero attached hydrogens (tertiary/aromatic N) is 2. The van der Waals surface area contributed by atoms with E-state index in [0.29, 0.717) is 0 Å². The summed E-state index contributed by atoms with van der Waals surface area (Å²) in [5.41, 5.74) is 7.36. The maximum Gasteiger partial charge on any atom is 0.408 e. The van der Waals surface area contributed by atoms with Gasteiger partial charge in [0.05, 0.1) is 6.04 Å². The molecule has 2 aliphatic rings. The van der Waals surface area contributed by atoms with Gasteiger partial charge in [0.25, 0.3) is 0 Å². The molecule has 2 aromatic carbocycles. The summed E-state index contributed by atoms with van der Waals surface area (Å²) in [7, 11) is 0. The average Bonchev–Trinajstić information content (AvgIpc) is 3.63. The van der Waals surface area contributed by atoms with Crippen LogP contribution in [0.3, 0.4) is 0 Å². The molecule has 3 amide bonds. The number of carbonyl (C=O) groups is 3. The summed E-state index contributed by atoms with van der Waals surface area (Å²) >= 11 is 0. The highest BCUT2D eigenvalue weighted by Crippen LogP contribution is 2.22. The standard InChI is InChI=1S/C22H35N3O3.C17H27N3O/c1-21(2,3)18(24-20(27)28-22(4,5)6)19(26)23-17-12-13-25(15-17)14-16-10-8-7-9-11-16;1-17(2,3)15(18)16(21)19-14-9-10-20(12-14)11-13-7-5-4-6-8-13/h7-11,17-18H,12-15H2,1-6H3,(H,23,26)(H,24,27);4-8,14-15H,9-12,18H2,1-3H3,(H,19,21)/t17-,18-;14-,15-/m11/s1. The van der Waals surface area contributed by atoms with Gasteiger partial charge in [-0.3, -0.25) is 19.4 Å². The van der Waals surface area contributed by atoms with Crippen molar-refractivity contribution in [2.75, 3.05) is 26.2 Å². The highest BCUT2D eigenvalue weighted by molar-refractivity contribution is 5.86. The SMILES string of the molecule is CC(C)(C)OC(=O)N[C@H](C(=O)N[C@@H]1CCN(Cc2ccccc2)C1)C(C)(C)C.CC(C)(C)[C@H](N)C(=O)N[C@@H]1CCN(Cc2ccccc2)C1. The first-order chi connectivity index (χ1) is 22.8. The molecule has 5 N–H and O–H groups in total. The third-order valence-electron chi connectivity index (χ3n) is 8.74. The zero-order valence-corrected chi connectivity index (χ0v) is 31.3. The fourth-order valence-electron chi connectivity index (χ4n) is 5.94. The molecular formula is C39H62N6O4. The number of nitrogens with two attached hydrogens (primary N) is 1. The van der Waals surface area contributed by atoms with E-state index in [4.69, 9.17) is 10.5 Å². The largest absolute Gasteiger partial charge is 0.444 e. The predicted molar refractivity (Wildman–Crippen MR) is 197 cm³/mol. The molecule has 2 saturated heterocycles. The van der Waals surface area contributed by atoms with Crippen LogP contribution in [0.2, 0.25) is 0 Å². The molecule has 0 saturated carbocycles. The molecule has 10 heteroatoms. The molecule has 2 fully saturated rings. The van der Waals surface area contributed by atoms with E-state index in [9.17, 15) is 14.4 Å². The molecular weight excluding hydrogens is 616 g/mol. The van der Waals surface area contributed by atoms with Gasteiger partial charge >= 0.3 is 6.09 Å². The van der Waals surface area contributed by atoms with Gasteiger partial charge < -0.3 is 26.4 Å². The van der Waals surface area contributed by atoms with Gasteiger partial charge in [0.15, 0.2) is 0 Å². The molecule has 4 atom stereocenters. The Morgan fingerprint density at radius 3 is 1.53 bits per heavy atom. The van der Waals surface area contributed by atoms with Crippen LogP contribution in [-0.2, 0) is 27.4 Å². The van der Waals surface area contributed by atoms with Crippen LogP contribution >= 0.6 is 0 Å². The summed E-state index contributed by atoms with van der Waals surface area (Å²) in [6, 6.07) is 20.0. The van der Waals surface area contributed by atoms with Crippen molar-refractivity contribution in [3.63, 3.8) is 0 Å². The topological polar surface area (TPSA) is 129 Å². The maximum atomic E-state index is 12.9. The summed E-state index contributed by atoms with van der Waals surface area (Å²) in [5.74, 6) is -0.195. The Morgan fingerprint density at radius 1 is 0.714 bits per heavy atom. The first-order valence-corrected chi connectivity index (χ1v) is 17.7. The van der Waals surface area contributed by atoms with Gasteiger partial charge in [0.1, 0.15) is 11.6 Å². The van der Waals surface area contributed by atoms with E-state index in [1.807, 2.05) is 65.8 Å². The van der Waals surface area contributed by atoms with E-state index >= 15 is 0 Å². The van der Waals surface area contributed by atoms with E-state index in [2.05, 4.69) is 62.1 Å². The zero-order chi connectivity index (χ0) is 36.4. The second kappa shape index (κ2) is 17.5. The summed E-state index contributed by atoms with van der Waals surface area (Å²) in [6.07, 6.45) is 1.33. The third kappa shape index (κ3) is 14.1. The van der Waals surface area contributed by atoms with Gasteiger partial charge in [-0.2, -0.15) is 0 Å². The average molecular weight is 679 g/mol. The number of benzene rings is 2. The lowest BCUT2D eigenvalue weighted by Crippen LogP contribution is -2.56. The first-order valence-electron chi connectivity index (χ1n) is 17.7. The number of hydrogen-bond acceptors (Lipinski definition) is 7. The second-order valence-corrected chi connectivity index (χ2v) is 16.7. The van der Waals surface area contributed by atoms with Gasteiger partial charge in [-0.25, -0.2) is 4.79 Å². The van der Waals surface area contributed by atoms with Crippen molar-refractivity contribution < 1.29 is 19.1 Å². The van der Waals surface area contributed by atoms with Crippen molar-refractivity contribution >= 4 is 17.9 Å². The van der Waals surface area contributed by atoms with Gasteiger partial charge in [0.2, 0.25) is 11.8 Å². The molecule has 0 radical (unpaired) electrons. The Labute approximate surface area is 294 Å².